The summed E-state index contributed by atoms with van der Waals surface area (Å²) in [4.78, 5) is 21.2. The van der Waals surface area contributed by atoms with Crippen molar-refractivity contribution in [3.05, 3.63) is 28.5 Å². The molecular formula is C16H24ClN3O. The van der Waals surface area contributed by atoms with Crippen molar-refractivity contribution in [2.45, 2.75) is 45.7 Å². The second kappa shape index (κ2) is 6.75. The van der Waals surface area contributed by atoms with E-state index in [-0.39, 0.29) is 5.91 Å². The van der Waals surface area contributed by atoms with Crippen molar-refractivity contribution in [3.63, 3.8) is 0 Å². The van der Waals surface area contributed by atoms with Gasteiger partial charge in [0.15, 0.2) is 0 Å². The number of aryl methyl sites for hydroxylation is 1. The van der Waals surface area contributed by atoms with E-state index in [0.29, 0.717) is 22.8 Å². The van der Waals surface area contributed by atoms with Crippen LogP contribution in [0.25, 0.3) is 0 Å². The molecule has 116 valence electrons. The van der Waals surface area contributed by atoms with Crippen LogP contribution in [0, 0.1) is 0 Å². The van der Waals surface area contributed by atoms with Crippen molar-refractivity contribution >= 4 is 17.5 Å². The molecule has 2 atom stereocenters. The van der Waals surface area contributed by atoms with Gasteiger partial charge < -0.3 is 4.90 Å². The average Bonchev–Trinajstić information content (AvgIpc) is 2.43. The zero-order valence-electron chi connectivity index (χ0n) is 13.3. The second-order valence-corrected chi connectivity index (χ2v) is 6.38. The van der Waals surface area contributed by atoms with E-state index in [1.807, 2.05) is 11.0 Å². The van der Waals surface area contributed by atoms with Gasteiger partial charge in [-0.25, -0.2) is 4.98 Å². The molecule has 2 heterocycles. The topological polar surface area (TPSA) is 36.4 Å². The lowest BCUT2D eigenvalue weighted by atomic mass is 10.1. The van der Waals surface area contributed by atoms with Crippen molar-refractivity contribution in [2.24, 2.45) is 0 Å². The van der Waals surface area contributed by atoms with Crippen LogP contribution in [0.15, 0.2) is 12.1 Å². The van der Waals surface area contributed by atoms with Crippen LogP contribution in [-0.2, 0) is 6.42 Å². The van der Waals surface area contributed by atoms with Gasteiger partial charge in [-0.2, -0.15) is 0 Å². The molecule has 0 aliphatic carbocycles. The lowest BCUT2D eigenvalue weighted by molar-refractivity contribution is 0.0414. The maximum atomic E-state index is 12.7. The Balaban J connectivity index is 2.20. The Hall–Kier alpha value is -1.13. The second-order valence-electron chi connectivity index (χ2n) is 5.99. The molecule has 2 unspecified atom stereocenters. The Morgan fingerprint density at radius 1 is 1.33 bits per heavy atom. The SMILES string of the molecule is CCCc1cc(C(=O)N2CC(C)N(C)C(C)C2)cc(Cl)n1. The van der Waals surface area contributed by atoms with E-state index in [1.54, 1.807) is 6.07 Å². The minimum absolute atomic E-state index is 0.0588. The third-order valence-electron chi connectivity index (χ3n) is 4.25. The summed E-state index contributed by atoms with van der Waals surface area (Å²) in [7, 11) is 2.11. The Kier molecular flexibility index (Phi) is 5.22. The van der Waals surface area contributed by atoms with E-state index < -0.39 is 0 Å². The van der Waals surface area contributed by atoms with Crippen LogP contribution in [0.3, 0.4) is 0 Å². The van der Waals surface area contributed by atoms with E-state index in [1.165, 1.54) is 0 Å². The number of hydrogen-bond donors (Lipinski definition) is 0. The van der Waals surface area contributed by atoms with Gasteiger partial charge in [-0.3, -0.25) is 9.69 Å². The molecule has 0 saturated carbocycles. The molecule has 1 aliphatic heterocycles. The number of carbonyl (C=O) groups is 1. The maximum absolute atomic E-state index is 12.7. The first kappa shape index (κ1) is 16.2. The zero-order valence-corrected chi connectivity index (χ0v) is 14.0. The van der Waals surface area contributed by atoms with E-state index in [4.69, 9.17) is 11.6 Å². The molecule has 1 fully saturated rings. The van der Waals surface area contributed by atoms with Gasteiger partial charge in [0.05, 0.1) is 0 Å². The van der Waals surface area contributed by atoms with Crippen molar-refractivity contribution in [1.82, 2.24) is 14.8 Å². The van der Waals surface area contributed by atoms with E-state index in [9.17, 15) is 4.79 Å². The largest absolute Gasteiger partial charge is 0.336 e. The van der Waals surface area contributed by atoms with Crippen LogP contribution in [0.2, 0.25) is 5.15 Å². The lowest BCUT2D eigenvalue weighted by Gasteiger charge is -2.42. The third kappa shape index (κ3) is 3.74. The Morgan fingerprint density at radius 2 is 1.95 bits per heavy atom. The summed E-state index contributed by atoms with van der Waals surface area (Å²) >= 11 is 6.06. The number of nitrogens with zero attached hydrogens (tertiary/aromatic N) is 3. The number of likely N-dealkylation sites (N-methyl/N-ethyl adjacent to an activating group) is 1. The predicted molar refractivity (Wildman–Crippen MR) is 85.8 cm³/mol. The Morgan fingerprint density at radius 3 is 2.52 bits per heavy atom. The monoisotopic (exact) mass is 309 g/mol. The Labute approximate surface area is 132 Å². The van der Waals surface area contributed by atoms with Crippen LogP contribution in [0.5, 0.6) is 0 Å². The minimum Gasteiger partial charge on any atom is -0.336 e. The van der Waals surface area contributed by atoms with Gasteiger partial charge in [-0.1, -0.05) is 24.9 Å². The van der Waals surface area contributed by atoms with E-state index >= 15 is 0 Å². The van der Waals surface area contributed by atoms with Gasteiger partial charge in [0.1, 0.15) is 5.15 Å². The van der Waals surface area contributed by atoms with Crippen molar-refractivity contribution in [3.8, 4) is 0 Å². The summed E-state index contributed by atoms with van der Waals surface area (Å²) in [6.45, 7) is 7.90. The molecule has 2 rings (SSSR count). The van der Waals surface area contributed by atoms with Gasteiger partial charge >= 0.3 is 0 Å². The summed E-state index contributed by atoms with van der Waals surface area (Å²) in [5.41, 5.74) is 1.55. The molecule has 1 aromatic heterocycles. The molecule has 5 heteroatoms. The van der Waals surface area contributed by atoms with Gasteiger partial charge in [-0.05, 0) is 39.4 Å². The summed E-state index contributed by atoms with van der Waals surface area (Å²) in [6, 6.07) is 4.29. The predicted octanol–water partition coefficient (Wildman–Crippen LogP) is 2.85. The molecule has 4 nitrogen and oxygen atoms in total. The smallest absolute Gasteiger partial charge is 0.254 e. The molecule has 21 heavy (non-hydrogen) atoms. The summed E-state index contributed by atoms with van der Waals surface area (Å²) in [5, 5.41) is 0.402. The molecular weight excluding hydrogens is 286 g/mol. The van der Waals surface area contributed by atoms with E-state index in [2.05, 4.69) is 37.7 Å². The first-order valence-corrected chi connectivity index (χ1v) is 7.97. The number of halogens is 1. The highest BCUT2D eigenvalue weighted by molar-refractivity contribution is 6.29. The lowest BCUT2D eigenvalue weighted by Crippen LogP contribution is -2.56. The molecule has 0 aromatic carbocycles. The van der Waals surface area contributed by atoms with Gasteiger partial charge in [0.2, 0.25) is 0 Å². The molecule has 0 bridgehead atoms. The third-order valence-corrected chi connectivity index (χ3v) is 4.44. The first-order chi connectivity index (χ1) is 9.92. The number of hydrogen-bond acceptors (Lipinski definition) is 3. The number of carbonyl (C=O) groups excluding carboxylic acids is 1. The first-order valence-electron chi connectivity index (χ1n) is 7.60. The minimum atomic E-state index is 0.0588. The van der Waals surface area contributed by atoms with Crippen LogP contribution < -0.4 is 0 Å². The highest BCUT2D eigenvalue weighted by Gasteiger charge is 2.30. The summed E-state index contributed by atoms with van der Waals surface area (Å²) < 4.78 is 0. The fourth-order valence-corrected chi connectivity index (χ4v) is 3.04. The van der Waals surface area contributed by atoms with Crippen LogP contribution in [-0.4, -0.2) is 52.9 Å². The number of piperazine rings is 1. The standard InChI is InChI=1S/C16H24ClN3O/c1-5-6-14-7-13(8-15(17)18-14)16(21)20-9-11(2)19(4)12(3)10-20/h7-8,11-12H,5-6,9-10H2,1-4H3. The Bertz CT molecular complexity index is 508. The van der Waals surface area contributed by atoms with Crippen molar-refractivity contribution < 1.29 is 4.79 Å². The molecule has 1 saturated heterocycles. The summed E-state index contributed by atoms with van der Waals surface area (Å²) in [6.07, 6.45) is 1.83. The molecule has 1 amide bonds. The van der Waals surface area contributed by atoms with Crippen molar-refractivity contribution in [1.29, 1.82) is 0 Å². The number of aromatic nitrogens is 1. The van der Waals surface area contributed by atoms with E-state index in [0.717, 1.165) is 31.6 Å². The van der Waals surface area contributed by atoms with Crippen LogP contribution in [0.1, 0.15) is 43.2 Å². The van der Waals surface area contributed by atoms with Gasteiger partial charge in [0, 0.05) is 36.4 Å². The molecule has 0 N–H and O–H groups in total. The maximum Gasteiger partial charge on any atom is 0.254 e. The normalized spacial score (nSPS) is 23.4. The highest BCUT2D eigenvalue weighted by Crippen LogP contribution is 2.19. The number of pyridine rings is 1. The fraction of sp³-hybridized carbons (Fsp3) is 0.625. The average molecular weight is 310 g/mol. The van der Waals surface area contributed by atoms with Gasteiger partial charge in [-0.15, -0.1) is 0 Å². The highest BCUT2D eigenvalue weighted by atomic mass is 35.5. The van der Waals surface area contributed by atoms with Crippen LogP contribution >= 0.6 is 11.6 Å². The fourth-order valence-electron chi connectivity index (χ4n) is 2.81. The number of amides is 1. The zero-order chi connectivity index (χ0) is 15.6. The van der Waals surface area contributed by atoms with Crippen molar-refractivity contribution in [2.75, 3.05) is 20.1 Å². The molecule has 1 aliphatic rings. The van der Waals surface area contributed by atoms with Crippen LogP contribution in [0.4, 0.5) is 0 Å². The quantitative estimate of drug-likeness (QED) is 0.806. The molecule has 0 spiro atoms. The molecule has 1 aromatic rings. The summed E-state index contributed by atoms with van der Waals surface area (Å²) in [5.74, 6) is 0.0588. The number of rotatable bonds is 3. The van der Waals surface area contributed by atoms with Gasteiger partial charge in [0.25, 0.3) is 5.91 Å². The molecule has 0 radical (unpaired) electrons.